The quantitative estimate of drug-likeness (QED) is 0.151. The second kappa shape index (κ2) is 14.4. The third kappa shape index (κ3) is 7.28. The number of aromatic amines is 1. The second-order valence-electron chi connectivity index (χ2n) is 11.3. The molecule has 0 aliphatic carbocycles. The number of rotatable bonds is 11. The normalized spacial score (nSPS) is 11.6. The standard InChI is InChI=1S/C39H33F2N3O5/c1-4-44(30-19-28(40)18-29(41)20-30)39(46)35-23-42-36-22-31(12-13-34(36)37(35)45)49-38(27-16-32(47-2)21-33(17-27)48-3)26-10-8-25(9-11-26)24-43-14-6-5-7-15-43/h5-23,38H,4,24H2,1-3H3/p+1. The molecule has 49 heavy (non-hydrogen) atoms. The molecule has 0 bridgehead atoms. The number of H-pyrrole nitrogens is 1. The highest BCUT2D eigenvalue weighted by Gasteiger charge is 2.23. The van der Waals surface area contributed by atoms with Crippen LogP contribution in [0.15, 0.2) is 120 Å². The topological polar surface area (TPSA) is 84.7 Å². The van der Waals surface area contributed by atoms with E-state index in [2.05, 4.69) is 21.7 Å². The van der Waals surface area contributed by atoms with Gasteiger partial charge in [-0.25, -0.2) is 13.3 Å². The summed E-state index contributed by atoms with van der Waals surface area (Å²) in [6, 6.07) is 27.4. The van der Waals surface area contributed by atoms with Crippen LogP contribution in [0.2, 0.25) is 0 Å². The lowest BCUT2D eigenvalue weighted by Gasteiger charge is -2.22. The summed E-state index contributed by atoms with van der Waals surface area (Å²) >= 11 is 0. The summed E-state index contributed by atoms with van der Waals surface area (Å²) in [7, 11) is 3.17. The van der Waals surface area contributed by atoms with Crippen LogP contribution >= 0.6 is 0 Å². The molecule has 0 saturated carbocycles. The first-order chi connectivity index (χ1) is 23.8. The third-order valence-corrected chi connectivity index (χ3v) is 8.16. The minimum absolute atomic E-state index is 0.0142. The van der Waals surface area contributed by atoms with Crippen LogP contribution in [0.4, 0.5) is 14.5 Å². The number of hydrogen-bond donors (Lipinski definition) is 1. The zero-order valence-corrected chi connectivity index (χ0v) is 27.2. The number of carbonyl (C=O) groups is 1. The Bertz CT molecular complexity index is 2130. The highest BCUT2D eigenvalue weighted by molar-refractivity contribution is 6.07. The lowest BCUT2D eigenvalue weighted by Crippen LogP contribution is -2.34. The zero-order valence-electron chi connectivity index (χ0n) is 27.2. The number of aromatic nitrogens is 2. The third-order valence-electron chi connectivity index (χ3n) is 8.16. The molecule has 1 N–H and O–H groups in total. The minimum Gasteiger partial charge on any atom is -0.497 e. The fourth-order valence-corrected chi connectivity index (χ4v) is 5.71. The Labute approximate surface area is 281 Å². The number of nitrogens with zero attached hydrogens (tertiary/aromatic N) is 2. The van der Waals surface area contributed by atoms with Crippen molar-refractivity contribution >= 4 is 22.5 Å². The van der Waals surface area contributed by atoms with Gasteiger partial charge in [-0.3, -0.25) is 9.59 Å². The Hall–Kier alpha value is -6.03. The fourth-order valence-electron chi connectivity index (χ4n) is 5.71. The number of ether oxygens (including phenoxy) is 3. The van der Waals surface area contributed by atoms with Crippen LogP contribution in [0.3, 0.4) is 0 Å². The van der Waals surface area contributed by atoms with Gasteiger partial charge in [0.05, 0.1) is 19.7 Å². The van der Waals surface area contributed by atoms with Crippen LogP contribution in [0, 0.1) is 11.6 Å². The van der Waals surface area contributed by atoms with Gasteiger partial charge in [-0.05, 0) is 48.9 Å². The number of fused-ring (bicyclic) bond motifs is 1. The van der Waals surface area contributed by atoms with Gasteiger partial charge in [0.25, 0.3) is 5.91 Å². The van der Waals surface area contributed by atoms with E-state index in [0.29, 0.717) is 29.3 Å². The van der Waals surface area contributed by atoms with Crippen molar-refractivity contribution in [3.8, 4) is 17.2 Å². The van der Waals surface area contributed by atoms with Crippen LogP contribution < -0.4 is 29.1 Å². The van der Waals surface area contributed by atoms with Gasteiger partial charge in [-0.2, -0.15) is 0 Å². The Kier molecular flexibility index (Phi) is 9.66. The molecule has 2 heterocycles. The highest BCUT2D eigenvalue weighted by Crippen LogP contribution is 2.34. The number of methoxy groups -OCH3 is 2. The van der Waals surface area contributed by atoms with Gasteiger partial charge in [-0.15, -0.1) is 0 Å². The summed E-state index contributed by atoms with van der Waals surface area (Å²) in [4.78, 5) is 31.2. The van der Waals surface area contributed by atoms with Gasteiger partial charge in [0.1, 0.15) is 40.6 Å². The molecule has 0 radical (unpaired) electrons. The molecule has 0 aliphatic heterocycles. The molecular formula is C39H34F2N3O5+. The highest BCUT2D eigenvalue weighted by atomic mass is 19.1. The van der Waals surface area contributed by atoms with Gasteiger partial charge in [-0.1, -0.05) is 30.3 Å². The van der Waals surface area contributed by atoms with Crippen LogP contribution in [-0.2, 0) is 6.54 Å². The number of anilines is 1. The zero-order chi connectivity index (χ0) is 34.5. The van der Waals surface area contributed by atoms with Crippen molar-refractivity contribution in [2.75, 3.05) is 25.7 Å². The molecule has 0 aliphatic rings. The van der Waals surface area contributed by atoms with Crippen molar-refractivity contribution in [1.29, 1.82) is 0 Å². The van der Waals surface area contributed by atoms with Gasteiger partial charge >= 0.3 is 0 Å². The Morgan fingerprint density at radius 1 is 0.816 bits per heavy atom. The lowest BCUT2D eigenvalue weighted by atomic mass is 9.99. The molecule has 0 saturated heterocycles. The Morgan fingerprint density at radius 3 is 2.12 bits per heavy atom. The smallest absolute Gasteiger partial charge is 0.263 e. The number of pyridine rings is 2. The molecule has 0 fully saturated rings. The summed E-state index contributed by atoms with van der Waals surface area (Å²) in [6.07, 6.45) is 4.74. The predicted molar refractivity (Wildman–Crippen MR) is 182 cm³/mol. The van der Waals surface area contributed by atoms with Gasteiger partial charge < -0.3 is 24.1 Å². The fraction of sp³-hybridized carbons (Fsp3) is 0.154. The molecule has 1 atom stereocenters. The molecule has 8 nitrogen and oxygen atoms in total. The number of carbonyl (C=O) groups excluding carboxylic acids is 1. The lowest BCUT2D eigenvalue weighted by molar-refractivity contribution is -0.688. The van der Waals surface area contributed by atoms with Gasteiger partial charge in [0.2, 0.25) is 5.43 Å². The average Bonchev–Trinajstić information content (AvgIpc) is 3.11. The molecule has 4 aromatic carbocycles. The van der Waals surface area contributed by atoms with E-state index in [1.807, 2.05) is 54.9 Å². The average molecular weight is 663 g/mol. The van der Waals surface area contributed by atoms with E-state index in [9.17, 15) is 18.4 Å². The Morgan fingerprint density at radius 2 is 1.49 bits per heavy atom. The van der Waals surface area contributed by atoms with Crippen molar-refractivity contribution < 1.29 is 32.4 Å². The van der Waals surface area contributed by atoms with Gasteiger partial charge in [0.15, 0.2) is 18.9 Å². The molecule has 1 amide bonds. The SMILES string of the molecule is CCN(C(=O)c1c[nH]c2cc(OC(c3ccc(C[n+]4ccccc4)cc3)c3cc(OC)cc(OC)c3)ccc2c1=O)c1cc(F)cc(F)c1. The summed E-state index contributed by atoms with van der Waals surface area (Å²) in [5.41, 5.74) is 2.53. The summed E-state index contributed by atoms with van der Waals surface area (Å²) < 4.78 is 47.6. The molecule has 6 aromatic rings. The summed E-state index contributed by atoms with van der Waals surface area (Å²) in [5.74, 6) is -0.673. The first-order valence-electron chi connectivity index (χ1n) is 15.6. The van der Waals surface area contributed by atoms with Crippen molar-refractivity contribution in [2.24, 2.45) is 0 Å². The van der Waals surface area contributed by atoms with E-state index in [4.69, 9.17) is 14.2 Å². The molecule has 2 aromatic heterocycles. The molecule has 10 heteroatoms. The number of nitrogens with one attached hydrogen (secondary N) is 1. The number of benzene rings is 4. The molecule has 1 unspecified atom stereocenters. The van der Waals surface area contributed by atoms with Crippen LogP contribution in [-0.4, -0.2) is 31.7 Å². The monoisotopic (exact) mass is 662 g/mol. The molecule has 6 rings (SSSR count). The number of amides is 1. The van der Waals surface area contributed by atoms with Crippen molar-refractivity contribution in [1.82, 2.24) is 4.98 Å². The molecule has 0 spiro atoms. The van der Waals surface area contributed by atoms with E-state index < -0.39 is 29.1 Å². The Balaban J connectivity index is 1.33. The van der Waals surface area contributed by atoms with E-state index in [0.717, 1.165) is 39.8 Å². The maximum absolute atomic E-state index is 13.9. The van der Waals surface area contributed by atoms with E-state index in [1.54, 1.807) is 45.4 Å². The minimum atomic E-state index is -0.825. The van der Waals surface area contributed by atoms with E-state index in [1.165, 1.54) is 6.20 Å². The van der Waals surface area contributed by atoms with Crippen LogP contribution in [0.1, 0.15) is 40.1 Å². The van der Waals surface area contributed by atoms with Crippen molar-refractivity contribution in [3.05, 3.63) is 160 Å². The van der Waals surface area contributed by atoms with E-state index >= 15 is 0 Å². The molecular weight excluding hydrogens is 628 g/mol. The van der Waals surface area contributed by atoms with Crippen molar-refractivity contribution in [3.63, 3.8) is 0 Å². The largest absolute Gasteiger partial charge is 0.497 e. The maximum Gasteiger partial charge on any atom is 0.263 e. The second-order valence-corrected chi connectivity index (χ2v) is 11.3. The molecule has 248 valence electrons. The number of halogens is 2. The predicted octanol–water partition coefficient (Wildman–Crippen LogP) is 6.99. The van der Waals surface area contributed by atoms with Crippen LogP contribution in [0.25, 0.3) is 10.9 Å². The van der Waals surface area contributed by atoms with E-state index in [-0.39, 0.29) is 23.2 Å². The van der Waals surface area contributed by atoms with Gasteiger partial charge in [0, 0.05) is 65.3 Å². The van der Waals surface area contributed by atoms with Crippen molar-refractivity contribution in [2.45, 2.75) is 19.6 Å². The maximum atomic E-state index is 13.9. The first kappa shape index (κ1) is 32.9. The summed E-state index contributed by atoms with van der Waals surface area (Å²) in [5, 5.41) is 0.252. The first-order valence-corrected chi connectivity index (χ1v) is 15.6. The van der Waals surface area contributed by atoms with Crippen LogP contribution in [0.5, 0.6) is 17.2 Å². The number of hydrogen-bond acceptors (Lipinski definition) is 5. The summed E-state index contributed by atoms with van der Waals surface area (Å²) in [6.45, 7) is 2.45.